The van der Waals surface area contributed by atoms with Crippen LogP contribution in [0.4, 0.5) is 11.4 Å². The van der Waals surface area contributed by atoms with Gasteiger partial charge in [-0.2, -0.15) is 0 Å². The monoisotopic (exact) mass is 413 g/mol. The second-order valence-electron chi connectivity index (χ2n) is 7.49. The van der Waals surface area contributed by atoms with E-state index in [9.17, 15) is 19.5 Å². The van der Waals surface area contributed by atoms with Crippen molar-refractivity contribution in [3.8, 4) is 0 Å². The summed E-state index contributed by atoms with van der Waals surface area (Å²) in [6.07, 6.45) is 4.11. The number of para-hydroxylation sites is 1. The largest absolute Gasteiger partial charge is 0.550 e. The molecule has 3 aromatic rings. The van der Waals surface area contributed by atoms with E-state index in [4.69, 9.17) is 0 Å². The highest BCUT2D eigenvalue weighted by molar-refractivity contribution is 6.13. The van der Waals surface area contributed by atoms with E-state index in [-0.39, 0.29) is 12.3 Å². The predicted molar refractivity (Wildman–Crippen MR) is 117 cm³/mol. The molecule has 0 aromatic heterocycles. The zero-order chi connectivity index (χ0) is 21.8. The first kappa shape index (κ1) is 20.3. The maximum Gasteiger partial charge on any atom is 0.257 e. The van der Waals surface area contributed by atoms with E-state index in [1.165, 1.54) is 0 Å². The molecule has 4 rings (SSSR count). The highest BCUT2D eigenvalue weighted by Crippen LogP contribution is 2.28. The molecule has 1 aliphatic carbocycles. The van der Waals surface area contributed by atoms with Gasteiger partial charge in [0.25, 0.3) is 5.91 Å². The van der Waals surface area contributed by atoms with Gasteiger partial charge in [-0.05, 0) is 36.4 Å². The molecule has 1 aliphatic rings. The molecule has 3 aromatic carbocycles. The second kappa shape index (κ2) is 8.83. The molecule has 0 bridgehead atoms. The molecule has 0 saturated carbocycles. The molecule has 6 nitrogen and oxygen atoms in total. The second-order valence-corrected chi connectivity index (χ2v) is 7.49. The lowest BCUT2D eigenvalue weighted by atomic mass is 9.82. The number of carbonyl (C=O) groups is 3. The van der Waals surface area contributed by atoms with E-state index >= 15 is 0 Å². The molecule has 0 aliphatic heterocycles. The molecule has 0 spiro atoms. The van der Waals surface area contributed by atoms with Gasteiger partial charge < -0.3 is 20.5 Å². The zero-order valence-corrected chi connectivity index (χ0v) is 16.7. The van der Waals surface area contributed by atoms with Crippen molar-refractivity contribution in [3.63, 3.8) is 0 Å². The van der Waals surface area contributed by atoms with Crippen LogP contribution < -0.4 is 15.7 Å². The quantitative estimate of drug-likeness (QED) is 0.627. The molecular formula is C25H21N2O4-. The number of carbonyl (C=O) groups excluding carboxylic acids is 3. The third kappa shape index (κ3) is 4.33. The predicted octanol–water partition coefficient (Wildman–Crippen LogP) is 3.36. The average Bonchev–Trinajstić information content (AvgIpc) is 2.79. The van der Waals surface area contributed by atoms with Gasteiger partial charge in [-0.1, -0.05) is 60.7 Å². The Morgan fingerprint density at radius 1 is 0.742 bits per heavy atom. The zero-order valence-electron chi connectivity index (χ0n) is 16.7. The molecular weight excluding hydrogens is 392 g/mol. The first-order valence-corrected chi connectivity index (χ1v) is 10.1. The van der Waals surface area contributed by atoms with Crippen LogP contribution in [-0.2, 0) is 9.59 Å². The molecule has 6 heteroatoms. The number of hydrogen-bond acceptors (Lipinski definition) is 4. The van der Waals surface area contributed by atoms with Crippen molar-refractivity contribution in [3.05, 3.63) is 84.4 Å². The molecule has 0 radical (unpaired) electrons. The molecule has 0 saturated heterocycles. The van der Waals surface area contributed by atoms with Gasteiger partial charge >= 0.3 is 0 Å². The number of amides is 2. The number of benzene rings is 3. The fraction of sp³-hybridized carbons (Fsp3) is 0.160. The van der Waals surface area contributed by atoms with Crippen molar-refractivity contribution < 1.29 is 19.5 Å². The summed E-state index contributed by atoms with van der Waals surface area (Å²) in [5.74, 6) is -3.69. The van der Waals surface area contributed by atoms with Gasteiger partial charge in [0.05, 0.1) is 17.2 Å². The van der Waals surface area contributed by atoms with E-state index < -0.39 is 23.7 Å². The third-order valence-electron chi connectivity index (χ3n) is 5.54. The van der Waals surface area contributed by atoms with Crippen molar-refractivity contribution in [2.24, 2.45) is 11.8 Å². The fourth-order valence-corrected chi connectivity index (χ4v) is 3.90. The summed E-state index contributed by atoms with van der Waals surface area (Å²) < 4.78 is 0. The van der Waals surface area contributed by atoms with Crippen molar-refractivity contribution in [1.29, 1.82) is 0 Å². The van der Waals surface area contributed by atoms with Crippen LogP contribution >= 0.6 is 0 Å². The van der Waals surface area contributed by atoms with Crippen LogP contribution in [0.1, 0.15) is 23.2 Å². The van der Waals surface area contributed by atoms with E-state index in [0.29, 0.717) is 23.4 Å². The summed E-state index contributed by atoms with van der Waals surface area (Å²) in [4.78, 5) is 37.3. The minimum absolute atomic E-state index is 0.254. The number of nitrogens with one attached hydrogen (secondary N) is 2. The Hall–Kier alpha value is -3.93. The molecule has 2 amide bonds. The highest BCUT2D eigenvalue weighted by atomic mass is 16.4. The summed E-state index contributed by atoms with van der Waals surface area (Å²) in [5, 5.41) is 19.0. The van der Waals surface area contributed by atoms with Crippen LogP contribution in [0.15, 0.2) is 78.9 Å². The lowest BCUT2D eigenvalue weighted by Gasteiger charge is -2.28. The van der Waals surface area contributed by atoms with E-state index in [0.717, 1.165) is 10.8 Å². The van der Waals surface area contributed by atoms with E-state index in [1.807, 2.05) is 42.5 Å². The van der Waals surface area contributed by atoms with Gasteiger partial charge in [0.15, 0.2) is 0 Å². The van der Waals surface area contributed by atoms with Gasteiger partial charge in [0.2, 0.25) is 5.91 Å². The number of anilines is 2. The lowest BCUT2D eigenvalue weighted by molar-refractivity contribution is -0.313. The molecule has 31 heavy (non-hydrogen) atoms. The first-order chi connectivity index (χ1) is 15.0. The molecule has 0 heterocycles. The van der Waals surface area contributed by atoms with Crippen molar-refractivity contribution in [2.75, 3.05) is 10.6 Å². The number of rotatable bonds is 5. The van der Waals surface area contributed by atoms with Crippen LogP contribution in [0, 0.1) is 11.8 Å². The summed E-state index contributed by atoms with van der Waals surface area (Å²) in [6, 6.07) is 20.0. The van der Waals surface area contributed by atoms with Crippen LogP contribution in [0.2, 0.25) is 0 Å². The van der Waals surface area contributed by atoms with Crippen LogP contribution in [0.5, 0.6) is 0 Å². The van der Waals surface area contributed by atoms with Gasteiger partial charge in [-0.15, -0.1) is 0 Å². The van der Waals surface area contributed by atoms with Gasteiger partial charge in [0, 0.05) is 23.0 Å². The SMILES string of the molecule is O=C(Nc1cccc2ccccc12)c1ccccc1NC(=O)[C@@H]1CC=CC[C@@H]1C(=O)[O-]. The minimum atomic E-state index is -1.24. The maximum atomic E-state index is 13.0. The number of fused-ring (bicyclic) bond motifs is 1. The van der Waals surface area contributed by atoms with Crippen molar-refractivity contribution >= 4 is 39.9 Å². The summed E-state index contributed by atoms with van der Waals surface area (Å²) in [5.41, 5.74) is 1.29. The van der Waals surface area contributed by atoms with Gasteiger partial charge in [-0.3, -0.25) is 9.59 Å². The maximum absolute atomic E-state index is 13.0. The van der Waals surface area contributed by atoms with E-state index in [2.05, 4.69) is 10.6 Å². The molecule has 0 unspecified atom stereocenters. The Morgan fingerprint density at radius 2 is 1.39 bits per heavy atom. The summed E-state index contributed by atoms with van der Waals surface area (Å²) >= 11 is 0. The molecule has 0 fully saturated rings. The number of aliphatic carboxylic acids is 1. The van der Waals surface area contributed by atoms with E-state index in [1.54, 1.807) is 36.4 Å². The topological polar surface area (TPSA) is 98.3 Å². The highest BCUT2D eigenvalue weighted by Gasteiger charge is 2.30. The average molecular weight is 413 g/mol. The number of carboxylic acids is 1. The number of hydrogen-bond donors (Lipinski definition) is 2. The lowest BCUT2D eigenvalue weighted by Crippen LogP contribution is -2.41. The normalized spacial score (nSPS) is 17.8. The molecule has 2 atom stereocenters. The van der Waals surface area contributed by atoms with Crippen LogP contribution in [-0.4, -0.2) is 17.8 Å². The van der Waals surface area contributed by atoms with Crippen LogP contribution in [0.25, 0.3) is 10.8 Å². The summed E-state index contributed by atoms with van der Waals surface area (Å²) in [7, 11) is 0. The fourth-order valence-electron chi connectivity index (χ4n) is 3.90. The van der Waals surface area contributed by atoms with Crippen LogP contribution in [0.3, 0.4) is 0 Å². The van der Waals surface area contributed by atoms with Gasteiger partial charge in [0.1, 0.15) is 0 Å². The number of allylic oxidation sites excluding steroid dienone is 2. The standard InChI is InChI=1S/C25H22N2O4/c28-23(18-11-3-4-12-19(18)25(30)31)27-22-14-6-5-13-20(22)24(29)26-21-15-7-9-16-8-1-2-10-17(16)21/h1-10,13-15,18-19H,11-12H2,(H,26,29)(H,27,28)(H,30,31)/p-1/t18-,19+/m1/s1. The Labute approximate surface area is 179 Å². The Morgan fingerprint density at radius 3 is 2.19 bits per heavy atom. The first-order valence-electron chi connectivity index (χ1n) is 10.1. The molecule has 156 valence electrons. The Balaban J connectivity index is 1.57. The van der Waals surface area contributed by atoms with Crippen molar-refractivity contribution in [2.45, 2.75) is 12.8 Å². The van der Waals surface area contributed by atoms with Gasteiger partial charge in [-0.25, -0.2) is 0 Å². The smallest absolute Gasteiger partial charge is 0.257 e. The number of carboxylic acid groups (broad SMARTS) is 1. The molecule has 2 N–H and O–H groups in total. The van der Waals surface area contributed by atoms with Crippen molar-refractivity contribution in [1.82, 2.24) is 0 Å². The minimum Gasteiger partial charge on any atom is -0.550 e. The summed E-state index contributed by atoms with van der Waals surface area (Å²) in [6.45, 7) is 0. The Bertz CT molecular complexity index is 1180. The third-order valence-corrected chi connectivity index (χ3v) is 5.54. The Kier molecular flexibility index (Phi) is 5.80.